The predicted octanol–water partition coefficient (Wildman–Crippen LogP) is 6.04. The van der Waals surface area contributed by atoms with Crippen LogP contribution in [0.25, 0.3) is 22.4 Å². The Hall–Kier alpha value is -3.40. The van der Waals surface area contributed by atoms with Crippen molar-refractivity contribution in [3.63, 3.8) is 0 Å². The van der Waals surface area contributed by atoms with Crippen LogP contribution in [0.15, 0.2) is 85.2 Å². The van der Waals surface area contributed by atoms with Crippen LogP contribution in [-0.2, 0) is 0 Å². The second-order valence-corrected chi connectivity index (χ2v) is 7.92. The third-order valence-corrected chi connectivity index (χ3v) is 6.04. The van der Waals surface area contributed by atoms with Gasteiger partial charge in [0, 0.05) is 35.4 Å². The van der Waals surface area contributed by atoms with E-state index in [4.69, 9.17) is 5.10 Å². The summed E-state index contributed by atoms with van der Waals surface area (Å²) in [7, 11) is 0. The fourth-order valence-electron chi connectivity index (χ4n) is 4.45. The van der Waals surface area contributed by atoms with Crippen LogP contribution in [0.3, 0.4) is 0 Å². The van der Waals surface area contributed by atoms with Gasteiger partial charge >= 0.3 is 0 Å². The molecule has 148 valence electrons. The van der Waals surface area contributed by atoms with E-state index in [0.29, 0.717) is 11.8 Å². The van der Waals surface area contributed by atoms with Crippen molar-refractivity contribution in [3.8, 4) is 22.4 Å². The molecule has 0 aliphatic heterocycles. The molecule has 1 saturated carbocycles. The molecule has 0 radical (unpaired) electrons. The molecule has 4 nitrogen and oxygen atoms in total. The first kappa shape index (κ1) is 18.6. The first-order chi connectivity index (χ1) is 14.9. The van der Waals surface area contributed by atoms with Crippen LogP contribution >= 0.6 is 0 Å². The summed E-state index contributed by atoms with van der Waals surface area (Å²) in [6.45, 7) is 0. The number of hydrogen-bond donors (Lipinski definition) is 0. The van der Waals surface area contributed by atoms with E-state index in [1.165, 1.54) is 11.1 Å². The molecular weight excluding hydrogens is 368 g/mol. The minimum atomic E-state index is 0.414. The van der Waals surface area contributed by atoms with E-state index in [1.54, 1.807) is 0 Å². The van der Waals surface area contributed by atoms with Gasteiger partial charge in [-0.15, -0.1) is 0 Å². The number of rotatable bonds is 4. The Balaban J connectivity index is 1.46. The molecule has 1 fully saturated rings. The number of aromatic nitrogens is 4. The first-order valence-electron chi connectivity index (χ1n) is 10.6. The van der Waals surface area contributed by atoms with Gasteiger partial charge in [0.05, 0.1) is 11.4 Å². The van der Waals surface area contributed by atoms with E-state index < -0.39 is 0 Å². The number of nitrogens with zero attached hydrogens (tertiary/aromatic N) is 4. The van der Waals surface area contributed by atoms with Crippen molar-refractivity contribution in [1.29, 1.82) is 0 Å². The molecule has 0 bridgehead atoms. The fraction of sp³-hybridized carbons (Fsp3) is 0.231. The Kier molecular flexibility index (Phi) is 5.30. The van der Waals surface area contributed by atoms with Crippen molar-refractivity contribution in [2.45, 2.75) is 37.5 Å². The quantitative estimate of drug-likeness (QED) is 0.425. The van der Waals surface area contributed by atoms with E-state index in [-0.39, 0.29) is 0 Å². The number of hydrogen-bond acceptors (Lipinski definition) is 4. The minimum absolute atomic E-state index is 0.414. The van der Waals surface area contributed by atoms with Crippen molar-refractivity contribution in [2.75, 3.05) is 0 Å². The van der Waals surface area contributed by atoms with Gasteiger partial charge in [-0.05, 0) is 43.4 Å². The Morgan fingerprint density at radius 1 is 0.600 bits per heavy atom. The average molecular weight is 393 g/mol. The second-order valence-electron chi connectivity index (χ2n) is 7.92. The Bertz CT molecular complexity index is 1090. The highest BCUT2D eigenvalue weighted by atomic mass is 15.1. The molecule has 0 atom stereocenters. The summed E-state index contributed by atoms with van der Waals surface area (Å²) < 4.78 is 0. The van der Waals surface area contributed by atoms with E-state index in [1.807, 2.05) is 36.7 Å². The zero-order chi connectivity index (χ0) is 20.2. The lowest BCUT2D eigenvalue weighted by molar-refractivity contribution is 0.379. The summed E-state index contributed by atoms with van der Waals surface area (Å²) in [4.78, 5) is 8.94. The van der Waals surface area contributed by atoms with Crippen LogP contribution < -0.4 is 0 Å². The van der Waals surface area contributed by atoms with Gasteiger partial charge in [0.2, 0.25) is 0 Å². The highest BCUT2D eigenvalue weighted by Crippen LogP contribution is 2.42. The monoisotopic (exact) mass is 392 g/mol. The molecule has 2 heterocycles. The smallest absolute Gasteiger partial charge is 0.131 e. The van der Waals surface area contributed by atoms with Crippen LogP contribution in [0.1, 0.15) is 49.0 Å². The molecule has 5 rings (SSSR count). The summed E-state index contributed by atoms with van der Waals surface area (Å²) in [5, 5.41) is 9.38. The first-order valence-corrected chi connectivity index (χ1v) is 10.6. The molecule has 4 aromatic rings. The van der Waals surface area contributed by atoms with Crippen molar-refractivity contribution < 1.29 is 0 Å². The van der Waals surface area contributed by atoms with E-state index in [0.717, 1.165) is 48.5 Å². The molecule has 0 saturated heterocycles. The van der Waals surface area contributed by atoms with Crippen LogP contribution in [0.2, 0.25) is 0 Å². The van der Waals surface area contributed by atoms with Crippen LogP contribution in [-0.4, -0.2) is 20.2 Å². The summed E-state index contributed by atoms with van der Waals surface area (Å²) >= 11 is 0. The van der Waals surface area contributed by atoms with Gasteiger partial charge in [0.1, 0.15) is 5.82 Å². The summed E-state index contributed by atoms with van der Waals surface area (Å²) in [6.07, 6.45) is 8.03. The third kappa shape index (κ3) is 3.86. The summed E-state index contributed by atoms with van der Waals surface area (Å²) in [6, 6.07) is 24.9. The Morgan fingerprint density at radius 3 is 1.87 bits per heavy atom. The molecule has 0 unspecified atom stereocenters. The predicted molar refractivity (Wildman–Crippen MR) is 119 cm³/mol. The van der Waals surface area contributed by atoms with Gasteiger partial charge in [0.15, 0.2) is 0 Å². The summed E-state index contributed by atoms with van der Waals surface area (Å²) in [5.41, 5.74) is 5.54. The SMILES string of the molecule is c1ccc(-c2cc(-c3ccccc3)c(C3CCC(c4ncccn4)CC3)nn2)cc1. The molecule has 30 heavy (non-hydrogen) atoms. The largest absolute Gasteiger partial charge is 0.241 e. The van der Waals surface area contributed by atoms with Gasteiger partial charge in [-0.25, -0.2) is 9.97 Å². The molecule has 1 aliphatic rings. The maximum atomic E-state index is 4.77. The zero-order valence-corrected chi connectivity index (χ0v) is 16.9. The third-order valence-electron chi connectivity index (χ3n) is 6.04. The molecule has 0 N–H and O–H groups in total. The van der Waals surface area contributed by atoms with Crippen molar-refractivity contribution in [2.24, 2.45) is 0 Å². The molecule has 2 aromatic heterocycles. The maximum absolute atomic E-state index is 4.77. The molecular formula is C26H24N4. The standard InChI is InChI=1S/C26H24N4/c1-3-8-19(9-4-1)23-18-24(20-10-5-2-6-11-20)29-30-25(23)21-12-14-22(15-13-21)26-27-16-7-17-28-26/h1-11,16-18,21-22H,12-15H2. The maximum Gasteiger partial charge on any atom is 0.131 e. The van der Waals surface area contributed by atoms with Crippen molar-refractivity contribution in [1.82, 2.24) is 20.2 Å². The normalized spacial score (nSPS) is 18.8. The van der Waals surface area contributed by atoms with E-state index in [2.05, 4.69) is 63.6 Å². The van der Waals surface area contributed by atoms with Gasteiger partial charge < -0.3 is 0 Å². The van der Waals surface area contributed by atoms with Gasteiger partial charge in [-0.1, -0.05) is 60.7 Å². The van der Waals surface area contributed by atoms with Crippen molar-refractivity contribution >= 4 is 0 Å². The zero-order valence-electron chi connectivity index (χ0n) is 16.9. The Morgan fingerprint density at radius 2 is 1.20 bits per heavy atom. The Labute approximate surface area is 177 Å². The lowest BCUT2D eigenvalue weighted by atomic mass is 9.78. The molecule has 0 amide bonds. The topological polar surface area (TPSA) is 51.6 Å². The van der Waals surface area contributed by atoms with E-state index in [9.17, 15) is 0 Å². The highest BCUT2D eigenvalue weighted by molar-refractivity contribution is 5.72. The van der Waals surface area contributed by atoms with Crippen molar-refractivity contribution in [3.05, 3.63) is 96.7 Å². The average Bonchev–Trinajstić information content (AvgIpc) is 2.85. The van der Waals surface area contributed by atoms with Crippen LogP contribution in [0, 0.1) is 0 Å². The second kappa shape index (κ2) is 8.54. The lowest BCUT2D eigenvalue weighted by Crippen LogP contribution is -2.16. The molecule has 2 aromatic carbocycles. The molecule has 1 aliphatic carbocycles. The van der Waals surface area contributed by atoms with Gasteiger partial charge in [-0.2, -0.15) is 10.2 Å². The summed E-state index contributed by atoms with van der Waals surface area (Å²) in [5.74, 6) is 1.83. The van der Waals surface area contributed by atoms with E-state index >= 15 is 0 Å². The molecule has 4 heteroatoms. The van der Waals surface area contributed by atoms with Crippen LogP contribution in [0.5, 0.6) is 0 Å². The van der Waals surface area contributed by atoms with Gasteiger partial charge in [0.25, 0.3) is 0 Å². The van der Waals surface area contributed by atoms with Crippen LogP contribution in [0.4, 0.5) is 0 Å². The minimum Gasteiger partial charge on any atom is -0.241 e. The lowest BCUT2D eigenvalue weighted by Gasteiger charge is -2.28. The van der Waals surface area contributed by atoms with Gasteiger partial charge in [-0.3, -0.25) is 0 Å². The number of benzene rings is 2. The fourth-order valence-corrected chi connectivity index (χ4v) is 4.45. The highest BCUT2D eigenvalue weighted by Gasteiger charge is 2.28. The molecule has 0 spiro atoms.